The van der Waals surface area contributed by atoms with Gasteiger partial charge < -0.3 is 5.32 Å². The van der Waals surface area contributed by atoms with Gasteiger partial charge >= 0.3 is 0 Å². The van der Waals surface area contributed by atoms with Crippen molar-refractivity contribution in [3.05, 3.63) is 47.1 Å². The fourth-order valence-corrected chi connectivity index (χ4v) is 3.14. The van der Waals surface area contributed by atoms with Crippen molar-refractivity contribution >= 4 is 28.5 Å². The zero-order valence-corrected chi connectivity index (χ0v) is 12.4. The molecule has 0 saturated heterocycles. The average molecular weight is 318 g/mol. The van der Waals surface area contributed by atoms with Crippen molar-refractivity contribution in [1.29, 1.82) is 0 Å². The molecule has 2 N–H and O–H groups in total. The summed E-state index contributed by atoms with van der Waals surface area (Å²) in [6.07, 6.45) is 5.23. The number of nitrogens with zero attached hydrogens (tertiary/aromatic N) is 3. The van der Waals surface area contributed by atoms with E-state index in [4.69, 9.17) is 11.6 Å². The number of benzene rings is 1. The van der Waals surface area contributed by atoms with Gasteiger partial charge in [0.1, 0.15) is 18.0 Å². The first-order valence-corrected chi connectivity index (χ1v) is 7.39. The Hall–Kier alpha value is -2.21. The van der Waals surface area contributed by atoms with Crippen molar-refractivity contribution in [2.45, 2.75) is 18.3 Å². The third kappa shape index (κ3) is 2.20. The topological polar surface area (TPSA) is 66.5 Å². The Morgan fingerprint density at radius 3 is 2.95 bits per heavy atom. The molecule has 0 radical (unpaired) electrons. The molecule has 1 aromatic carbocycles. The summed E-state index contributed by atoms with van der Waals surface area (Å²) in [6, 6.07) is 4.61. The molecule has 0 spiro atoms. The fraction of sp³-hybridized carbons (Fsp3) is 0.267. The van der Waals surface area contributed by atoms with E-state index in [0.29, 0.717) is 17.2 Å². The third-order valence-electron chi connectivity index (χ3n) is 4.20. The second-order valence-electron chi connectivity index (χ2n) is 5.61. The molecule has 112 valence electrons. The zero-order chi connectivity index (χ0) is 15.2. The normalized spacial score (nSPS) is 15.9. The number of fused-ring (bicyclic) bond motifs is 1. The van der Waals surface area contributed by atoms with E-state index in [9.17, 15) is 4.39 Å². The predicted octanol–water partition coefficient (Wildman–Crippen LogP) is 3.29. The van der Waals surface area contributed by atoms with Crippen molar-refractivity contribution in [3.8, 4) is 0 Å². The first-order valence-electron chi connectivity index (χ1n) is 7.01. The highest BCUT2D eigenvalue weighted by molar-refractivity contribution is 6.31. The van der Waals surface area contributed by atoms with Gasteiger partial charge in [0, 0.05) is 17.0 Å². The van der Waals surface area contributed by atoms with Crippen molar-refractivity contribution in [3.63, 3.8) is 0 Å². The average Bonchev–Trinajstić information content (AvgIpc) is 3.12. The molecule has 0 unspecified atom stereocenters. The molecule has 1 saturated carbocycles. The Balaban J connectivity index is 1.59. The first kappa shape index (κ1) is 13.5. The largest absolute Gasteiger partial charge is 0.368 e. The molecule has 0 atom stereocenters. The van der Waals surface area contributed by atoms with Crippen LogP contribution in [0, 0.1) is 5.82 Å². The van der Waals surface area contributed by atoms with Crippen LogP contribution in [0.4, 0.5) is 10.2 Å². The van der Waals surface area contributed by atoms with E-state index >= 15 is 0 Å². The minimum atomic E-state index is -0.312. The highest BCUT2D eigenvalue weighted by Crippen LogP contribution is 2.50. The minimum absolute atomic E-state index is 0.0498. The number of nitrogens with one attached hydrogen (secondary N) is 2. The Kier molecular flexibility index (Phi) is 3.00. The maximum atomic E-state index is 13.2. The molecule has 22 heavy (non-hydrogen) atoms. The van der Waals surface area contributed by atoms with Gasteiger partial charge in [-0.05, 0) is 30.5 Å². The van der Waals surface area contributed by atoms with Gasteiger partial charge in [0.25, 0.3) is 0 Å². The maximum Gasteiger partial charge on any atom is 0.160 e. The van der Waals surface area contributed by atoms with Crippen molar-refractivity contribution in [2.24, 2.45) is 0 Å². The van der Waals surface area contributed by atoms with Crippen LogP contribution >= 0.6 is 11.6 Å². The van der Waals surface area contributed by atoms with Crippen LogP contribution in [-0.4, -0.2) is 26.7 Å². The summed E-state index contributed by atoms with van der Waals surface area (Å²) in [4.78, 5) is 8.38. The zero-order valence-electron chi connectivity index (χ0n) is 11.6. The molecule has 1 fully saturated rings. The van der Waals surface area contributed by atoms with Crippen LogP contribution in [0.25, 0.3) is 11.0 Å². The first-order chi connectivity index (χ1) is 10.7. The number of hydrogen-bond acceptors (Lipinski definition) is 4. The minimum Gasteiger partial charge on any atom is -0.368 e. The molecule has 1 aliphatic rings. The molecule has 2 heterocycles. The molecule has 0 aliphatic heterocycles. The second kappa shape index (κ2) is 4.91. The van der Waals surface area contributed by atoms with Gasteiger partial charge in [-0.1, -0.05) is 17.7 Å². The highest BCUT2D eigenvalue weighted by Gasteiger charge is 2.45. The van der Waals surface area contributed by atoms with Crippen molar-refractivity contribution in [1.82, 2.24) is 20.2 Å². The lowest BCUT2D eigenvalue weighted by Crippen LogP contribution is -2.20. The lowest BCUT2D eigenvalue weighted by molar-refractivity contribution is 0.624. The number of halogens is 2. The van der Waals surface area contributed by atoms with Crippen LogP contribution in [-0.2, 0) is 5.41 Å². The smallest absolute Gasteiger partial charge is 0.160 e. The number of rotatable bonds is 4. The molecule has 2 aromatic heterocycles. The lowest BCUT2D eigenvalue weighted by atomic mass is 9.95. The summed E-state index contributed by atoms with van der Waals surface area (Å²) in [5, 5.41) is 11.5. The van der Waals surface area contributed by atoms with Gasteiger partial charge in [-0.3, -0.25) is 5.10 Å². The Labute approximate surface area is 130 Å². The van der Waals surface area contributed by atoms with E-state index < -0.39 is 0 Å². The second-order valence-corrected chi connectivity index (χ2v) is 6.02. The van der Waals surface area contributed by atoms with Crippen LogP contribution in [0.2, 0.25) is 5.02 Å². The van der Waals surface area contributed by atoms with Gasteiger partial charge in [-0.15, -0.1) is 0 Å². The monoisotopic (exact) mass is 317 g/mol. The molecule has 0 bridgehead atoms. The number of H-pyrrole nitrogens is 1. The fourth-order valence-electron chi connectivity index (χ4n) is 2.77. The van der Waals surface area contributed by atoms with Gasteiger partial charge in [0.2, 0.25) is 0 Å². The number of aromatic amines is 1. The lowest BCUT2D eigenvalue weighted by Gasteiger charge is -2.18. The molecule has 3 aromatic rings. The van der Waals surface area contributed by atoms with Gasteiger partial charge in [-0.2, -0.15) is 5.10 Å². The van der Waals surface area contributed by atoms with Gasteiger partial charge in [0.05, 0.1) is 11.6 Å². The van der Waals surface area contributed by atoms with Crippen LogP contribution in [0.5, 0.6) is 0 Å². The summed E-state index contributed by atoms with van der Waals surface area (Å²) < 4.78 is 13.2. The number of anilines is 1. The summed E-state index contributed by atoms with van der Waals surface area (Å²) >= 11 is 6.20. The molecule has 0 amide bonds. The Morgan fingerprint density at radius 2 is 2.18 bits per heavy atom. The number of hydrogen-bond donors (Lipinski definition) is 2. The summed E-state index contributed by atoms with van der Waals surface area (Å²) in [7, 11) is 0. The van der Waals surface area contributed by atoms with Crippen LogP contribution < -0.4 is 5.32 Å². The molecule has 5 nitrogen and oxygen atoms in total. The highest BCUT2D eigenvalue weighted by atomic mass is 35.5. The van der Waals surface area contributed by atoms with Crippen molar-refractivity contribution in [2.75, 3.05) is 11.9 Å². The van der Waals surface area contributed by atoms with E-state index in [-0.39, 0.29) is 11.2 Å². The number of aromatic nitrogens is 4. The molecule has 4 rings (SSSR count). The third-order valence-corrected chi connectivity index (χ3v) is 4.51. The summed E-state index contributed by atoms with van der Waals surface area (Å²) in [5.74, 6) is 0.427. The Morgan fingerprint density at radius 1 is 1.32 bits per heavy atom. The van der Waals surface area contributed by atoms with E-state index in [2.05, 4.69) is 25.5 Å². The van der Waals surface area contributed by atoms with E-state index in [1.54, 1.807) is 12.3 Å². The quantitative estimate of drug-likeness (QED) is 0.775. The van der Waals surface area contributed by atoms with E-state index in [0.717, 1.165) is 29.6 Å². The van der Waals surface area contributed by atoms with Gasteiger partial charge in [0.15, 0.2) is 5.65 Å². The van der Waals surface area contributed by atoms with Gasteiger partial charge in [-0.25, -0.2) is 14.4 Å². The molecular weight excluding hydrogens is 305 g/mol. The summed E-state index contributed by atoms with van der Waals surface area (Å²) in [5.41, 5.74) is 1.63. The molecule has 7 heteroatoms. The van der Waals surface area contributed by atoms with E-state index in [1.807, 2.05) is 0 Å². The summed E-state index contributed by atoms with van der Waals surface area (Å²) in [6.45, 7) is 0.690. The van der Waals surface area contributed by atoms with Crippen LogP contribution in [0.3, 0.4) is 0 Å². The van der Waals surface area contributed by atoms with Crippen LogP contribution in [0.1, 0.15) is 18.4 Å². The maximum absolute atomic E-state index is 13.2. The van der Waals surface area contributed by atoms with Crippen LogP contribution in [0.15, 0.2) is 30.7 Å². The van der Waals surface area contributed by atoms with E-state index in [1.165, 1.54) is 18.5 Å². The molecular formula is C15H13ClFN5. The SMILES string of the molecule is Fc1ccc(C2(CNc3ncnc4[nH]ncc34)CC2)c(Cl)c1. The predicted molar refractivity (Wildman–Crippen MR) is 82.5 cm³/mol. The standard InChI is InChI=1S/C15H13ClFN5/c16-12-5-9(17)1-2-11(12)15(3-4-15)7-18-13-10-6-21-22-14(10)20-8-19-13/h1-2,5-6,8H,3-4,7H2,(H2,18,19,20,21,22). The Bertz CT molecular complexity index is 843. The molecule has 1 aliphatic carbocycles. The van der Waals surface area contributed by atoms with Crippen molar-refractivity contribution < 1.29 is 4.39 Å².